The van der Waals surface area contributed by atoms with E-state index in [9.17, 15) is 13.2 Å². The zero-order valence-electron chi connectivity index (χ0n) is 18.6. The molecule has 33 heavy (non-hydrogen) atoms. The molecule has 1 atom stereocenters. The summed E-state index contributed by atoms with van der Waals surface area (Å²) in [5.74, 6) is -0.241. The third-order valence-corrected chi connectivity index (χ3v) is 7.91. The molecule has 0 radical (unpaired) electrons. The van der Waals surface area contributed by atoms with Crippen LogP contribution < -0.4 is 4.72 Å². The van der Waals surface area contributed by atoms with Crippen LogP contribution in [0.15, 0.2) is 71.6 Å². The molecule has 1 aliphatic rings. The van der Waals surface area contributed by atoms with Crippen molar-refractivity contribution in [2.75, 3.05) is 7.05 Å². The van der Waals surface area contributed by atoms with Crippen molar-refractivity contribution >= 4 is 26.7 Å². The average Bonchev–Trinajstić information content (AvgIpc) is 3.37. The zero-order chi connectivity index (χ0) is 23.4. The van der Waals surface area contributed by atoms with Crippen molar-refractivity contribution in [3.8, 4) is 6.07 Å². The first-order chi connectivity index (χ1) is 15.9. The lowest BCUT2D eigenvalue weighted by molar-refractivity contribution is -0.133. The molecule has 0 spiro atoms. The standard InChI is InChI=1S/C26H27N3O3S/c1-29(22-9-3-4-10-22)26(30)24(17-19-13-15-20(18-27)16-14-19)28-33(31,32)25-12-6-8-21-7-2-5-11-23(21)25/h2,5-8,11-16,22,24,28H,3-4,9-10,17H2,1H3. The average molecular weight is 462 g/mol. The number of nitrogens with zero attached hydrogens (tertiary/aromatic N) is 2. The number of nitrogens with one attached hydrogen (secondary N) is 1. The molecule has 7 heteroatoms. The molecule has 1 saturated carbocycles. The van der Waals surface area contributed by atoms with Crippen molar-refractivity contribution in [3.05, 3.63) is 77.9 Å². The molecule has 3 aromatic carbocycles. The minimum absolute atomic E-state index is 0.128. The van der Waals surface area contributed by atoms with Gasteiger partial charge in [-0.15, -0.1) is 0 Å². The number of likely N-dealkylation sites (N-methyl/N-ethyl adjacent to an activating group) is 1. The van der Waals surface area contributed by atoms with Crippen LogP contribution in [0.3, 0.4) is 0 Å². The van der Waals surface area contributed by atoms with Gasteiger partial charge in [-0.25, -0.2) is 8.42 Å². The highest BCUT2D eigenvalue weighted by Gasteiger charge is 2.32. The van der Waals surface area contributed by atoms with Gasteiger partial charge in [-0.05, 0) is 48.4 Å². The highest BCUT2D eigenvalue weighted by atomic mass is 32.2. The topological polar surface area (TPSA) is 90.3 Å². The largest absolute Gasteiger partial charge is 0.341 e. The summed E-state index contributed by atoms with van der Waals surface area (Å²) in [6, 6.07) is 20.6. The van der Waals surface area contributed by atoms with E-state index in [2.05, 4.69) is 10.8 Å². The molecular weight excluding hydrogens is 434 g/mol. The molecule has 1 aliphatic carbocycles. The smallest absolute Gasteiger partial charge is 0.241 e. The van der Waals surface area contributed by atoms with E-state index in [-0.39, 0.29) is 23.3 Å². The van der Waals surface area contributed by atoms with E-state index in [1.807, 2.05) is 18.2 Å². The second-order valence-corrected chi connectivity index (χ2v) is 10.2. The van der Waals surface area contributed by atoms with Gasteiger partial charge in [0.2, 0.25) is 15.9 Å². The summed E-state index contributed by atoms with van der Waals surface area (Å²) in [4.78, 5) is 15.3. The number of fused-ring (bicyclic) bond motifs is 1. The lowest BCUT2D eigenvalue weighted by Gasteiger charge is -2.29. The van der Waals surface area contributed by atoms with Gasteiger partial charge in [0, 0.05) is 18.5 Å². The Morgan fingerprint density at radius 2 is 1.73 bits per heavy atom. The van der Waals surface area contributed by atoms with E-state index in [4.69, 9.17) is 5.26 Å². The van der Waals surface area contributed by atoms with Gasteiger partial charge in [0.25, 0.3) is 0 Å². The molecule has 0 bridgehead atoms. The Bertz CT molecular complexity index is 1290. The summed E-state index contributed by atoms with van der Waals surface area (Å²) in [7, 11) is -2.21. The van der Waals surface area contributed by atoms with Gasteiger partial charge in [-0.3, -0.25) is 4.79 Å². The molecule has 0 aliphatic heterocycles. The first kappa shape index (κ1) is 23.0. The molecule has 0 saturated heterocycles. The van der Waals surface area contributed by atoms with Gasteiger partial charge in [0.15, 0.2) is 0 Å². The van der Waals surface area contributed by atoms with Gasteiger partial charge >= 0.3 is 0 Å². The maximum atomic E-state index is 13.5. The number of nitriles is 1. The number of benzene rings is 3. The van der Waals surface area contributed by atoms with Crippen molar-refractivity contribution in [2.24, 2.45) is 0 Å². The Labute approximate surface area is 194 Å². The maximum absolute atomic E-state index is 13.5. The third kappa shape index (κ3) is 5.08. The van der Waals surface area contributed by atoms with Crippen molar-refractivity contribution in [2.45, 2.75) is 49.1 Å². The minimum atomic E-state index is -3.97. The molecule has 0 aromatic heterocycles. The van der Waals surface area contributed by atoms with Crippen molar-refractivity contribution in [3.63, 3.8) is 0 Å². The van der Waals surface area contributed by atoms with Crippen LogP contribution in [0.4, 0.5) is 0 Å². The van der Waals surface area contributed by atoms with E-state index < -0.39 is 16.1 Å². The molecule has 1 unspecified atom stereocenters. The van der Waals surface area contributed by atoms with Crippen molar-refractivity contribution in [1.82, 2.24) is 9.62 Å². The van der Waals surface area contributed by atoms with Gasteiger partial charge in [-0.2, -0.15) is 9.98 Å². The van der Waals surface area contributed by atoms with Crippen LogP contribution in [-0.2, 0) is 21.2 Å². The fourth-order valence-electron chi connectivity index (χ4n) is 4.53. The Hall–Kier alpha value is -3.21. The maximum Gasteiger partial charge on any atom is 0.241 e. The summed E-state index contributed by atoms with van der Waals surface area (Å²) in [5, 5.41) is 10.5. The molecule has 3 aromatic rings. The highest BCUT2D eigenvalue weighted by molar-refractivity contribution is 7.89. The second-order valence-electron chi connectivity index (χ2n) is 8.55. The van der Waals surface area contributed by atoms with Gasteiger partial charge in [0.05, 0.1) is 16.5 Å². The summed E-state index contributed by atoms with van der Waals surface area (Å²) >= 11 is 0. The quantitative estimate of drug-likeness (QED) is 0.576. The van der Waals surface area contributed by atoms with Crippen LogP contribution >= 0.6 is 0 Å². The minimum Gasteiger partial charge on any atom is -0.341 e. The molecule has 1 amide bonds. The van der Waals surface area contributed by atoms with Crippen molar-refractivity contribution in [1.29, 1.82) is 5.26 Å². The van der Waals surface area contributed by atoms with E-state index in [0.717, 1.165) is 36.6 Å². The molecule has 1 N–H and O–H groups in total. The van der Waals surface area contributed by atoms with Crippen LogP contribution in [0.25, 0.3) is 10.8 Å². The number of amides is 1. The first-order valence-corrected chi connectivity index (χ1v) is 12.6. The third-order valence-electron chi connectivity index (χ3n) is 6.38. The van der Waals surface area contributed by atoms with Crippen molar-refractivity contribution < 1.29 is 13.2 Å². The van der Waals surface area contributed by atoms with Crippen LogP contribution in [0, 0.1) is 11.3 Å². The first-order valence-electron chi connectivity index (χ1n) is 11.1. The molecule has 1 fully saturated rings. The molecular formula is C26H27N3O3S. The lowest BCUT2D eigenvalue weighted by atomic mass is 10.0. The lowest BCUT2D eigenvalue weighted by Crippen LogP contribution is -2.50. The predicted molar refractivity (Wildman–Crippen MR) is 128 cm³/mol. The Morgan fingerprint density at radius 3 is 2.42 bits per heavy atom. The Balaban J connectivity index is 1.66. The highest BCUT2D eigenvalue weighted by Crippen LogP contribution is 2.25. The number of hydrogen-bond donors (Lipinski definition) is 1. The molecule has 4 rings (SSSR count). The van der Waals surface area contributed by atoms with Gasteiger partial charge in [-0.1, -0.05) is 61.4 Å². The summed E-state index contributed by atoms with van der Waals surface area (Å²) in [6.07, 6.45) is 4.21. The van der Waals surface area contributed by atoms with E-state index >= 15 is 0 Å². The van der Waals surface area contributed by atoms with Gasteiger partial charge < -0.3 is 4.90 Å². The van der Waals surface area contributed by atoms with Gasteiger partial charge in [0.1, 0.15) is 6.04 Å². The van der Waals surface area contributed by atoms with E-state index in [0.29, 0.717) is 10.9 Å². The van der Waals surface area contributed by atoms with E-state index in [1.165, 1.54) is 0 Å². The number of rotatable bonds is 7. The van der Waals surface area contributed by atoms with Crippen LogP contribution in [0.1, 0.15) is 36.8 Å². The number of carbonyl (C=O) groups is 1. The molecule has 170 valence electrons. The summed E-state index contributed by atoms with van der Waals surface area (Å²) in [6.45, 7) is 0. The second kappa shape index (κ2) is 9.74. The number of sulfonamides is 1. The molecule has 6 nitrogen and oxygen atoms in total. The monoisotopic (exact) mass is 461 g/mol. The van der Waals surface area contributed by atoms with E-state index in [1.54, 1.807) is 60.5 Å². The Kier molecular flexibility index (Phi) is 6.77. The molecule has 0 heterocycles. The zero-order valence-corrected chi connectivity index (χ0v) is 19.4. The SMILES string of the molecule is CN(C(=O)C(Cc1ccc(C#N)cc1)NS(=O)(=O)c1cccc2ccccc12)C1CCCC1. The van der Waals surface area contributed by atoms with Crippen LogP contribution in [0.5, 0.6) is 0 Å². The Morgan fingerprint density at radius 1 is 1.06 bits per heavy atom. The number of hydrogen-bond acceptors (Lipinski definition) is 4. The van der Waals surface area contributed by atoms with Crippen LogP contribution in [0.2, 0.25) is 0 Å². The number of carbonyl (C=O) groups excluding carboxylic acids is 1. The predicted octanol–water partition coefficient (Wildman–Crippen LogP) is 4.00. The fraction of sp³-hybridized carbons (Fsp3) is 0.308. The summed E-state index contributed by atoms with van der Waals surface area (Å²) < 4.78 is 29.6. The van der Waals surface area contributed by atoms with Crippen LogP contribution in [-0.4, -0.2) is 38.4 Å². The normalized spacial score (nSPS) is 15.3. The summed E-state index contributed by atoms with van der Waals surface area (Å²) in [5.41, 5.74) is 1.30. The fourth-order valence-corrected chi connectivity index (χ4v) is 5.95.